The summed E-state index contributed by atoms with van der Waals surface area (Å²) in [5.74, 6) is 0.180. The van der Waals surface area contributed by atoms with Gasteiger partial charge in [-0.05, 0) is 66.6 Å². The number of aryl methyl sites for hydroxylation is 1. The maximum Gasteiger partial charge on any atom is 0.262 e. The largest absolute Gasteiger partial charge is 0.484 e. The first-order chi connectivity index (χ1) is 16.1. The fourth-order valence-corrected chi connectivity index (χ4v) is 3.35. The molecular weight excluding hydrogens is 412 g/mol. The van der Waals surface area contributed by atoms with E-state index in [1.807, 2.05) is 79.7 Å². The molecule has 0 spiro atoms. The minimum atomic E-state index is -0.265. The van der Waals surface area contributed by atoms with Crippen LogP contribution in [0.2, 0.25) is 0 Å². The van der Waals surface area contributed by atoms with Crippen molar-refractivity contribution in [2.75, 3.05) is 17.2 Å². The number of anilines is 2. The average molecular weight is 437 g/mol. The van der Waals surface area contributed by atoms with E-state index in [0.29, 0.717) is 22.7 Å². The zero-order valence-electron chi connectivity index (χ0n) is 18.2. The minimum absolute atomic E-state index is 0.101. The third-order valence-corrected chi connectivity index (χ3v) is 5.04. The molecule has 2 N–H and O–H groups in total. The Hall–Kier alpha value is -4.38. The quantitative estimate of drug-likeness (QED) is 0.377. The molecule has 0 radical (unpaired) electrons. The summed E-state index contributed by atoms with van der Waals surface area (Å²) in [7, 11) is 0. The van der Waals surface area contributed by atoms with Gasteiger partial charge in [-0.15, -0.1) is 0 Å². The number of amides is 2. The van der Waals surface area contributed by atoms with Gasteiger partial charge in [0.05, 0.1) is 0 Å². The predicted octanol–water partition coefficient (Wildman–Crippen LogP) is 5.93. The van der Waals surface area contributed by atoms with Crippen molar-refractivity contribution in [2.24, 2.45) is 0 Å². The third-order valence-electron chi connectivity index (χ3n) is 5.04. The Bertz CT molecular complexity index is 1230. The second-order valence-corrected chi connectivity index (χ2v) is 7.63. The van der Waals surface area contributed by atoms with Crippen molar-refractivity contribution in [2.45, 2.75) is 6.92 Å². The number of ether oxygens (including phenoxy) is 1. The van der Waals surface area contributed by atoms with Crippen LogP contribution in [0.25, 0.3) is 11.1 Å². The topological polar surface area (TPSA) is 67.4 Å². The highest BCUT2D eigenvalue weighted by Gasteiger charge is 2.08. The highest BCUT2D eigenvalue weighted by molar-refractivity contribution is 6.04. The SMILES string of the molecule is Cc1cccc(C(=O)Nc2ccc(NC(=O)COc3ccc(-c4ccccc4)cc3)cc2)c1. The van der Waals surface area contributed by atoms with Crippen LogP contribution in [0, 0.1) is 6.92 Å². The number of hydrogen-bond acceptors (Lipinski definition) is 3. The fraction of sp³-hybridized carbons (Fsp3) is 0.0714. The summed E-state index contributed by atoms with van der Waals surface area (Å²) in [5, 5.41) is 5.65. The van der Waals surface area contributed by atoms with E-state index in [0.717, 1.165) is 16.7 Å². The summed E-state index contributed by atoms with van der Waals surface area (Å²) in [5.41, 5.74) is 5.10. The zero-order chi connectivity index (χ0) is 23.0. The van der Waals surface area contributed by atoms with E-state index in [1.165, 1.54) is 0 Å². The molecule has 164 valence electrons. The molecule has 5 nitrogen and oxygen atoms in total. The van der Waals surface area contributed by atoms with Crippen molar-refractivity contribution in [3.63, 3.8) is 0 Å². The Labute approximate surface area is 193 Å². The zero-order valence-corrected chi connectivity index (χ0v) is 18.2. The molecule has 5 heteroatoms. The number of benzene rings is 4. The van der Waals surface area contributed by atoms with Gasteiger partial charge in [0.25, 0.3) is 11.8 Å². The van der Waals surface area contributed by atoms with Gasteiger partial charge in [-0.25, -0.2) is 0 Å². The van der Waals surface area contributed by atoms with Crippen LogP contribution in [0.4, 0.5) is 11.4 Å². The summed E-state index contributed by atoms with van der Waals surface area (Å²) in [6.07, 6.45) is 0. The van der Waals surface area contributed by atoms with Crippen molar-refractivity contribution < 1.29 is 14.3 Å². The Kier molecular flexibility index (Phi) is 6.81. The van der Waals surface area contributed by atoms with Crippen LogP contribution >= 0.6 is 0 Å². The van der Waals surface area contributed by atoms with E-state index < -0.39 is 0 Å². The summed E-state index contributed by atoms with van der Waals surface area (Å²) < 4.78 is 5.60. The van der Waals surface area contributed by atoms with Gasteiger partial charge in [0.1, 0.15) is 5.75 Å². The first-order valence-corrected chi connectivity index (χ1v) is 10.6. The lowest BCUT2D eigenvalue weighted by Gasteiger charge is -2.10. The maximum absolute atomic E-state index is 12.4. The highest BCUT2D eigenvalue weighted by Crippen LogP contribution is 2.22. The highest BCUT2D eigenvalue weighted by atomic mass is 16.5. The molecule has 0 unspecified atom stereocenters. The predicted molar refractivity (Wildman–Crippen MR) is 132 cm³/mol. The van der Waals surface area contributed by atoms with Gasteiger partial charge in [-0.3, -0.25) is 9.59 Å². The van der Waals surface area contributed by atoms with Crippen molar-refractivity contribution in [1.82, 2.24) is 0 Å². The Morgan fingerprint density at radius 3 is 2.00 bits per heavy atom. The molecule has 0 heterocycles. The van der Waals surface area contributed by atoms with Gasteiger partial charge in [0, 0.05) is 16.9 Å². The normalized spacial score (nSPS) is 10.3. The Morgan fingerprint density at radius 2 is 1.33 bits per heavy atom. The van der Waals surface area contributed by atoms with Gasteiger partial charge in [-0.2, -0.15) is 0 Å². The van der Waals surface area contributed by atoms with Crippen LogP contribution in [-0.2, 0) is 4.79 Å². The lowest BCUT2D eigenvalue weighted by atomic mass is 10.1. The van der Waals surface area contributed by atoms with Crippen molar-refractivity contribution >= 4 is 23.2 Å². The molecule has 0 fully saturated rings. The number of rotatable bonds is 7. The van der Waals surface area contributed by atoms with E-state index in [-0.39, 0.29) is 18.4 Å². The summed E-state index contributed by atoms with van der Waals surface area (Å²) in [4.78, 5) is 24.6. The second-order valence-electron chi connectivity index (χ2n) is 7.63. The number of nitrogens with one attached hydrogen (secondary N) is 2. The molecule has 33 heavy (non-hydrogen) atoms. The molecule has 0 aliphatic carbocycles. The summed E-state index contributed by atoms with van der Waals surface area (Å²) >= 11 is 0. The Morgan fingerprint density at radius 1 is 0.697 bits per heavy atom. The number of hydrogen-bond donors (Lipinski definition) is 2. The van der Waals surface area contributed by atoms with Gasteiger partial charge in [-0.1, -0.05) is 60.2 Å². The van der Waals surface area contributed by atoms with Crippen molar-refractivity contribution in [3.8, 4) is 16.9 Å². The molecule has 0 bridgehead atoms. The van der Waals surface area contributed by atoms with E-state index in [4.69, 9.17) is 4.74 Å². The van der Waals surface area contributed by atoms with E-state index in [9.17, 15) is 9.59 Å². The second kappa shape index (κ2) is 10.3. The molecule has 0 saturated carbocycles. The van der Waals surface area contributed by atoms with Crippen LogP contribution < -0.4 is 15.4 Å². The number of carbonyl (C=O) groups is 2. The molecule has 4 aromatic carbocycles. The standard InChI is InChI=1S/C28H24N2O3/c1-20-6-5-9-23(18-20)28(32)30-25-14-12-24(13-15-25)29-27(31)19-33-26-16-10-22(11-17-26)21-7-3-2-4-8-21/h2-18H,19H2,1H3,(H,29,31)(H,30,32). The average Bonchev–Trinajstić information content (AvgIpc) is 2.85. The molecule has 4 aromatic rings. The summed E-state index contributed by atoms with van der Waals surface area (Å²) in [6.45, 7) is 1.84. The third kappa shape index (κ3) is 6.08. The van der Waals surface area contributed by atoms with Crippen LogP contribution in [0.15, 0.2) is 103 Å². The molecule has 0 aromatic heterocycles. The van der Waals surface area contributed by atoms with Crippen LogP contribution in [-0.4, -0.2) is 18.4 Å². The maximum atomic E-state index is 12.4. The molecule has 0 saturated heterocycles. The molecular formula is C28H24N2O3. The van der Waals surface area contributed by atoms with Gasteiger partial charge in [0.15, 0.2) is 6.61 Å². The lowest BCUT2D eigenvalue weighted by Crippen LogP contribution is -2.20. The first-order valence-electron chi connectivity index (χ1n) is 10.6. The van der Waals surface area contributed by atoms with Crippen molar-refractivity contribution in [1.29, 1.82) is 0 Å². The molecule has 0 atom stereocenters. The molecule has 0 aliphatic heterocycles. The van der Waals surface area contributed by atoms with E-state index >= 15 is 0 Å². The van der Waals surface area contributed by atoms with Gasteiger partial charge in [0.2, 0.25) is 0 Å². The van der Waals surface area contributed by atoms with Gasteiger partial charge < -0.3 is 15.4 Å². The van der Waals surface area contributed by atoms with Crippen LogP contribution in [0.5, 0.6) is 5.75 Å². The molecule has 2 amide bonds. The van der Waals surface area contributed by atoms with Gasteiger partial charge >= 0.3 is 0 Å². The fourth-order valence-electron chi connectivity index (χ4n) is 3.35. The minimum Gasteiger partial charge on any atom is -0.484 e. The first kappa shape index (κ1) is 21.8. The van der Waals surface area contributed by atoms with Crippen LogP contribution in [0.3, 0.4) is 0 Å². The van der Waals surface area contributed by atoms with Crippen LogP contribution in [0.1, 0.15) is 15.9 Å². The smallest absolute Gasteiger partial charge is 0.262 e. The molecule has 4 rings (SSSR count). The number of carbonyl (C=O) groups excluding carboxylic acids is 2. The summed E-state index contributed by atoms with van der Waals surface area (Å²) in [6, 6.07) is 32.0. The van der Waals surface area contributed by atoms with Crippen molar-refractivity contribution in [3.05, 3.63) is 114 Å². The lowest BCUT2D eigenvalue weighted by molar-refractivity contribution is -0.118. The van der Waals surface area contributed by atoms with E-state index in [2.05, 4.69) is 10.6 Å². The monoisotopic (exact) mass is 436 g/mol. The Balaban J connectivity index is 1.27. The molecule has 0 aliphatic rings. The van der Waals surface area contributed by atoms with E-state index in [1.54, 1.807) is 30.3 Å².